The van der Waals surface area contributed by atoms with E-state index in [9.17, 15) is 4.79 Å². The van der Waals surface area contributed by atoms with Gasteiger partial charge in [0.25, 0.3) is 0 Å². The van der Waals surface area contributed by atoms with Crippen molar-refractivity contribution in [1.82, 2.24) is 0 Å². The Morgan fingerprint density at radius 1 is 1.54 bits per heavy atom. The van der Waals surface area contributed by atoms with E-state index in [2.05, 4.69) is 25.6 Å². The summed E-state index contributed by atoms with van der Waals surface area (Å²) in [5.74, 6) is 0.334. The number of hydrogen-bond donors (Lipinski definition) is 0. The van der Waals surface area contributed by atoms with Gasteiger partial charge in [-0.3, -0.25) is 4.79 Å². The summed E-state index contributed by atoms with van der Waals surface area (Å²) in [7, 11) is -0.0952. The van der Waals surface area contributed by atoms with Crippen LogP contribution in [-0.2, 0) is 4.79 Å². The summed E-state index contributed by atoms with van der Waals surface area (Å²) >= 11 is 0. The Labute approximate surface area is 82.7 Å². The molecule has 13 heavy (non-hydrogen) atoms. The van der Waals surface area contributed by atoms with Gasteiger partial charge in [-0.25, -0.2) is 0 Å². The smallest absolute Gasteiger partial charge is 0.162 e. The van der Waals surface area contributed by atoms with Crippen LogP contribution in [-0.4, -0.2) is 15.3 Å². The van der Waals surface area contributed by atoms with Gasteiger partial charge < -0.3 is 0 Å². The third-order valence-electron chi connectivity index (χ3n) is 2.20. The van der Waals surface area contributed by atoms with E-state index in [0.717, 1.165) is 30.4 Å². The summed E-state index contributed by atoms with van der Waals surface area (Å²) in [5, 5.41) is 0. The molecule has 0 atom stereocenters. The lowest BCUT2D eigenvalue weighted by Gasteiger charge is -2.07. The number of allylic oxidation sites excluding steroid dienone is 3. The Morgan fingerprint density at radius 3 is 2.92 bits per heavy atom. The molecule has 0 aromatic carbocycles. The van der Waals surface area contributed by atoms with E-state index in [1.165, 1.54) is 0 Å². The van der Waals surface area contributed by atoms with Crippen LogP contribution in [0.1, 0.15) is 33.1 Å². The lowest BCUT2D eigenvalue weighted by Crippen LogP contribution is -2.05. The minimum atomic E-state index is -0.0952. The van der Waals surface area contributed by atoms with Crippen molar-refractivity contribution in [2.75, 3.05) is 0 Å². The number of carbonyl (C=O) groups is 1. The number of rotatable bonds is 3. The van der Waals surface area contributed by atoms with Crippen LogP contribution in [0.4, 0.5) is 0 Å². The Morgan fingerprint density at radius 2 is 2.31 bits per heavy atom. The molecule has 72 valence electrons. The molecular weight excluding hydrogens is 176 g/mol. The Balaban J connectivity index is 2.47. The van der Waals surface area contributed by atoms with Crippen molar-refractivity contribution < 1.29 is 4.79 Å². The quantitative estimate of drug-likeness (QED) is 0.629. The molecule has 1 aliphatic rings. The van der Waals surface area contributed by atoms with Crippen LogP contribution in [0.15, 0.2) is 23.4 Å². The SMILES string of the molecule is CC(C)[SiH2]C=CC1=CCCCC1=O. The molecule has 0 bridgehead atoms. The highest BCUT2D eigenvalue weighted by molar-refractivity contribution is 6.43. The molecule has 0 unspecified atom stereocenters. The third kappa shape index (κ3) is 3.72. The highest BCUT2D eigenvalue weighted by atomic mass is 28.2. The van der Waals surface area contributed by atoms with E-state index < -0.39 is 0 Å². The zero-order valence-corrected chi connectivity index (χ0v) is 9.96. The van der Waals surface area contributed by atoms with Crippen molar-refractivity contribution in [2.45, 2.75) is 38.7 Å². The molecule has 1 rings (SSSR count). The van der Waals surface area contributed by atoms with E-state index in [1.54, 1.807) is 0 Å². The van der Waals surface area contributed by atoms with E-state index in [1.807, 2.05) is 6.08 Å². The molecule has 0 amide bonds. The second kappa shape index (κ2) is 5.17. The number of hydrogen-bond acceptors (Lipinski definition) is 1. The Bertz CT molecular complexity index is 238. The maximum atomic E-state index is 11.4. The van der Waals surface area contributed by atoms with Gasteiger partial charge in [-0.2, -0.15) is 0 Å². The van der Waals surface area contributed by atoms with Crippen LogP contribution < -0.4 is 0 Å². The zero-order chi connectivity index (χ0) is 9.68. The molecule has 0 N–H and O–H groups in total. The molecule has 0 radical (unpaired) electrons. The third-order valence-corrected chi connectivity index (χ3v) is 3.65. The Hall–Kier alpha value is -0.633. The van der Waals surface area contributed by atoms with Crippen molar-refractivity contribution in [1.29, 1.82) is 0 Å². The molecule has 0 aromatic heterocycles. The van der Waals surface area contributed by atoms with Crippen molar-refractivity contribution in [3.63, 3.8) is 0 Å². The van der Waals surface area contributed by atoms with Gasteiger partial charge >= 0.3 is 0 Å². The first kappa shape index (κ1) is 10.4. The van der Waals surface area contributed by atoms with Gasteiger partial charge in [0, 0.05) is 21.5 Å². The molecule has 0 heterocycles. The van der Waals surface area contributed by atoms with E-state index in [-0.39, 0.29) is 9.52 Å². The predicted molar refractivity (Wildman–Crippen MR) is 59.7 cm³/mol. The molecule has 0 saturated heterocycles. The zero-order valence-electron chi connectivity index (χ0n) is 8.55. The van der Waals surface area contributed by atoms with Crippen LogP contribution in [0.3, 0.4) is 0 Å². The summed E-state index contributed by atoms with van der Waals surface area (Å²) in [4.78, 5) is 11.4. The van der Waals surface area contributed by atoms with E-state index >= 15 is 0 Å². The molecule has 0 fully saturated rings. The first-order chi connectivity index (χ1) is 6.20. The van der Waals surface area contributed by atoms with Crippen molar-refractivity contribution in [3.05, 3.63) is 23.4 Å². The first-order valence-electron chi connectivity index (χ1n) is 5.10. The van der Waals surface area contributed by atoms with Gasteiger partial charge in [0.2, 0.25) is 0 Å². The summed E-state index contributed by atoms with van der Waals surface area (Å²) in [6.07, 6.45) is 7.00. The maximum Gasteiger partial charge on any atom is 0.162 e. The molecule has 0 aliphatic heterocycles. The Kier molecular flexibility index (Phi) is 4.16. The number of ketones is 1. The maximum absolute atomic E-state index is 11.4. The van der Waals surface area contributed by atoms with Gasteiger partial charge in [0.1, 0.15) is 0 Å². The van der Waals surface area contributed by atoms with Crippen LogP contribution in [0, 0.1) is 0 Å². The van der Waals surface area contributed by atoms with Crippen LogP contribution in [0.25, 0.3) is 0 Å². The van der Waals surface area contributed by atoms with Crippen LogP contribution >= 0.6 is 0 Å². The predicted octanol–water partition coefficient (Wildman–Crippen LogP) is 2.18. The van der Waals surface area contributed by atoms with Crippen molar-refractivity contribution in [3.8, 4) is 0 Å². The van der Waals surface area contributed by atoms with Gasteiger partial charge in [-0.1, -0.05) is 31.5 Å². The molecule has 2 heteroatoms. The monoisotopic (exact) mass is 194 g/mol. The van der Waals surface area contributed by atoms with Gasteiger partial charge in [-0.05, 0) is 12.8 Å². The van der Waals surface area contributed by atoms with Gasteiger partial charge in [0.05, 0.1) is 0 Å². The summed E-state index contributed by atoms with van der Waals surface area (Å²) < 4.78 is 0. The topological polar surface area (TPSA) is 17.1 Å². The largest absolute Gasteiger partial charge is 0.294 e. The summed E-state index contributed by atoms with van der Waals surface area (Å²) in [6.45, 7) is 4.49. The second-order valence-electron chi connectivity index (χ2n) is 4.01. The van der Waals surface area contributed by atoms with E-state index in [0.29, 0.717) is 5.78 Å². The van der Waals surface area contributed by atoms with E-state index in [4.69, 9.17) is 0 Å². The lowest BCUT2D eigenvalue weighted by atomic mass is 9.98. The molecule has 0 spiro atoms. The minimum Gasteiger partial charge on any atom is -0.294 e. The fourth-order valence-corrected chi connectivity index (χ4v) is 2.34. The molecule has 1 nitrogen and oxygen atoms in total. The van der Waals surface area contributed by atoms with Crippen molar-refractivity contribution in [2.24, 2.45) is 0 Å². The van der Waals surface area contributed by atoms with Crippen LogP contribution in [0.2, 0.25) is 5.54 Å². The van der Waals surface area contributed by atoms with Gasteiger partial charge in [0.15, 0.2) is 5.78 Å². The molecule has 0 aromatic rings. The molecule has 0 saturated carbocycles. The first-order valence-corrected chi connectivity index (χ1v) is 6.73. The highest BCUT2D eigenvalue weighted by Crippen LogP contribution is 2.14. The molecule has 1 aliphatic carbocycles. The highest BCUT2D eigenvalue weighted by Gasteiger charge is 2.09. The average Bonchev–Trinajstić information content (AvgIpc) is 2.08. The second-order valence-corrected chi connectivity index (χ2v) is 6.58. The van der Waals surface area contributed by atoms with Crippen molar-refractivity contribution >= 4 is 15.3 Å². The normalized spacial score (nSPS) is 19.3. The number of carbonyl (C=O) groups excluding carboxylic acids is 1. The fourth-order valence-electron chi connectivity index (χ4n) is 1.41. The summed E-state index contributed by atoms with van der Waals surface area (Å²) in [5.41, 5.74) is 4.02. The van der Waals surface area contributed by atoms with Crippen LogP contribution in [0.5, 0.6) is 0 Å². The standard InChI is InChI=1S/C11H18OSi/c1-9(2)13-8-7-10-5-3-4-6-11(10)12/h5,7-9H,3-4,6,13H2,1-2H3. The number of Topliss-reactive ketones (excluding diaryl/α,β-unsaturated/α-hetero) is 1. The lowest BCUT2D eigenvalue weighted by molar-refractivity contribution is -0.115. The minimum absolute atomic E-state index is 0.0952. The van der Waals surface area contributed by atoms with Gasteiger partial charge in [-0.15, -0.1) is 5.70 Å². The summed E-state index contributed by atoms with van der Waals surface area (Å²) in [6, 6.07) is 0. The molecular formula is C11H18OSi. The fraction of sp³-hybridized carbons (Fsp3) is 0.545. The average molecular weight is 194 g/mol.